The molecular weight excluding hydrogens is 324 g/mol. The first-order chi connectivity index (χ1) is 11.9. The minimum atomic E-state index is -0.721. The number of likely N-dealkylation sites (tertiary alicyclic amines) is 1. The van der Waals surface area contributed by atoms with Crippen LogP contribution in [-0.2, 0) is 25.7 Å². The predicted molar refractivity (Wildman–Crippen MR) is 90.5 cm³/mol. The highest BCUT2D eigenvalue weighted by Crippen LogP contribution is 2.23. The highest BCUT2D eigenvalue weighted by molar-refractivity contribution is 5.86. The second-order valence-corrected chi connectivity index (χ2v) is 5.94. The van der Waals surface area contributed by atoms with Crippen molar-refractivity contribution in [1.29, 1.82) is 0 Å². The van der Waals surface area contributed by atoms with Crippen LogP contribution in [0.4, 0.5) is 4.79 Å². The summed E-state index contributed by atoms with van der Waals surface area (Å²) in [6, 6.07) is 8.53. The van der Waals surface area contributed by atoms with E-state index in [2.05, 4.69) is 6.58 Å². The predicted octanol–water partition coefficient (Wildman–Crippen LogP) is 1.58. The SMILES string of the molecule is C=CC(=O)O[C@@H]1C[C@@H](C(=O)N(C)C)N(C(=O)OCc2ccccc2)C1. The van der Waals surface area contributed by atoms with E-state index in [0.29, 0.717) is 0 Å². The Kier molecular flexibility index (Phi) is 6.16. The van der Waals surface area contributed by atoms with Gasteiger partial charge in [-0.15, -0.1) is 0 Å². The van der Waals surface area contributed by atoms with Crippen molar-refractivity contribution in [3.8, 4) is 0 Å². The van der Waals surface area contributed by atoms with Crippen LogP contribution in [0.2, 0.25) is 0 Å². The molecule has 0 saturated carbocycles. The van der Waals surface area contributed by atoms with Crippen molar-refractivity contribution in [1.82, 2.24) is 9.80 Å². The van der Waals surface area contributed by atoms with Gasteiger partial charge in [0.05, 0.1) is 6.54 Å². The number of hydrogen-bond donors (Lipinski definition) is 0. The Balaban J connectivity index is 2.05. The maximum Gasteiger partial charge on any atom is 0.410 e. The van der Waals surface area contributed by atoms with Crippen LogP contribution in [0.1, 0.15) is 12.0 Å². The topological polar surface area (TPSA) is 76.2 Å². The second-order valence-electron chi connectivity index (χ2n) is 5.94. The van der Waals surface area contributed by atoms with Crippen LogP contribution >= 0.6 is 0 Å². The molecule has 0 aliphatic carbocycles. The molecule has 0 bridgehead atoms. The molecule has 2 rings (SSSR count). The standard InChI is InChI=1S/C18H22N2O5/c1-4-16(21)25-14-10-15(17(22)19(2)3)20(11-14)18(23)24-12-13-8-6-5-7-9-13/h4-9,14-15H,1,10-12H2,2-3H3/t14-,15+/m1/s1. The van der Waals surface area contributed by atoms with E-state index in [1.54, 1.807) is 14.1 Å². The van der Waals surface area contributed by atoms with E-state index in [9.17, 15) is 14.4 Å². The van der Waals surface area contributed by atoms with E-state index in [-0.39, 0.29) is 25.5 Å². The maximum atomic E-state index is 12.4. The lowest BCUT2D eigenvalue weighted by Crippen LogP contribution is -2.45. The molecule has 2 atom stereocenters. The van der Waals surface area contributed by atoms with Crippen molar-refractivity contribution in [3.05, 3.63) is 48.6 Å². The molecule has 1 fully saturated rings. The fourth-order valence-electron chi connectivity index (χ4n) is 2.63. The zero-order valence-electron chi connectivity index (χ0n) is 14.4. The van der Waals surface area contributed by atoms with Crippen LogP contribution in [0.3, 0.4) is 0 Å². The Morgan fingerprint density at radius 2 is 1.96 bits per heavy atom. The molecule has 1 saturated heterocycles. The average molecular weight is 346 g/mol. The Bertz CT molecular complexity index is 644. The number of likely N-dealkylation sites (N-methyl/N-ethyl adjacent to an activating group) is 1. The number of esters is 1. The first kappa shape index (κ1) is 18.5. The lowest BCUT2D eigenvalue weighted by atomic mass is 10.2. The van der Waals surface area contributed by atoms with Gasteiger partial charge in [-0.3, -0.25) is 9.69 Å². The fourth-order valence-corrected chi connectivity index (χ4v) is 2.63. The molecule has 0 spiro atoms. The molecule has 0 N–H and O–H groups in total. The minimum absolute atomic E-state index is 0.107. The van der Waals surface area contributed by atoms with Crippen LogP contribution in [0, 0.1) is 0 Å². The summed E-state index contributed by atoms with van der Waals surface area (Å²) in [5.74, 6) is -0.825. The summed E-state index contributed by atoms with van der Waals surface area (Å²) >= 11 is 0. The molecule has 0 aromatic heterocycles. The Morgan fingerprint density at radius 3 is 2.56 bits per heavy atom. The number of ether oxygens (including phenoxy) is 2. The van der Waals surface area contributed by atoms with Gasteiger partial charge >= 0.3 is 12.1 Å². The van der Waals surface area contributed by atoms with Crippen molar-refractivity contribution >= 4 is 18.0 Å². The molecular formula is C18H22N2O5. The molecule has 1 aromatic rings. The summed E-state index contributed by atoms with van der Waals surface area (Å²) in [6.45, 7) is 3.56. The summed E-state index contributed by atoms with van der Waals surface area (Å²) in [7, 11) is 3.22. The third-order valence-electron chi connectivity index (χ3n) is 3.88. The van der Waals surface area contributed by atoms with E-state index < -0.39 is 24.2 Å². The molecule has 1 heterocycles. The number of amides is 2. The van der Waals surface area contributed by atoms with Gasteiger partial charge in [0, 0.05) is 26.6 Å². The van der Waals surface area contributed by atoms with Gasteiger partial charge < -0.3 is 14.4 Å². The van der Waals surface area contributed by atoms with Crippen molar-refractivity contribution in [3.63, 3.8) is 0 Å². The Hall–Kier alpha value is -2.83. The zero-order valence-corrected chi connectivity index (χ0v) is 14.4. The number of rotatable bonds is 5. The maximum absolute atomic E-state index is 12.4. The molecule has 1 aromatic carbocycles. The van der Waals surface area contributed by atoms with Crippen LogP contribution in [0.5, 0.6) is 0 Å². The van der Waals surface area contributed by atoms with Gasteiger partial charge in [0.1, 0.15) is 18.8 Å². The molecule has 1 aliphatic heterocycles. The van der Waals surface area contributed by atoms with Crippen molar-refractivity contribution < 1.29 is 23.9 Å². The first-order valence-electron chi connectivity index (χ1n) is 7.94. The van der Waals surface area contributed by atoms with Gasteiger partial charge in [-0.05, 0) is 5.56 Å². The normalized spacial score (nSPS) is 19.2. The zero-order chi connectivity index (χ0) is 18.4. The van der Waals surface area contributed by atoms with Crippen LogP contribution in [0.25, 0.3) is 0 Å². The fraction of sp³-hybridized carbons (Fsp3) is 0.389. The molecule has 134 valence electrons. The third-order valence-corrected chi connectivity index (χ3v) is 3.88. The number of benzene rings is 1. The highest BCUT2D eigenvalue weighted by atomic mass is 16.6. The summed E-state index contributed by atoms with van der Waals surface area (Å²) < 4.78 is 10.5. The van der Waals surface area contributed by atoms with Crippen LogP contribution in [0.15, 0.2) is 43.0 Å². The Morgan fingerprint density at radius 1 is 1.28 bits per heavy atom. The quantitative estimate of drug-likeness (QED) is 0.598. The van der Waals surface area contributed by atoms with E-state index in [1.807, 2.05) is 30.3 Å². The van der Waals surface area contributed by atoms with Crippen LogP contribution < -0.4 is 0 Å². The van der Waals surface area contributed by atoms with Crippen LogP contribution in [-0.4, -0.2) is 60.6 Å². The lowest BCUT2D eigenvalue weighted by Gasteiger charge is -2.25. The van der Waals surface area contributed by atoms with Gasteiger partial charge in [0.2, 0.25) is 5.91 Å². The molecule has 7 heteroatoms. The monoisotopic (exact) mass is 346 g/mol. The third kappa shape index (κ3) is 4.82. The van der Waals surface area contributed by atoms with E-state index >= 15 is 0 Å². The molecule has 25 heavy (non-hydrogen) atoms. The van der Waals surface area contributed by atoms with Crippen molar-refractivity contribution in [2.75, 3.05) is 20.6 Å². The van der Waals surface area contributed by atoms with E-state index in [0.717, 1.165) is 11.6 Å². The molecule has 0 unspecified atom stereocenters. The van der Waals surface area contributed by atoms with Crippen molar-refractivity contribution in [2.45, 2.75) is 25.2 Å². The molecule has 2 amide bonds. The van der Waals surface area contributed by atoms with Gasteiger partial charge in [-0.1, -0.05) is 36.9 Å². The summed E-state index contributed by atoms with van der Waals surface area (Å²) in [6.07, 6.45) is 0.112. The number of nitrogens with zero attached hydrogens (tertiary/aromatic N) is 2. The highest BCUT2D eigenvalue weighted by Gasteiger charge is 2.42. The van der Waals surface area contributed by atoms with Crippen molar-refractivity contribution in [2.24, 2.45) is 0 Å². The number of carbonyl (C=O) groups is 3. The molecule has 0 radical (unpaired) electrons. The smallest absolute Gasteiger partial charge is 0.410 e. The second kappa shape index (κ2) is 8.32. The van der Waals surface area contributed by atoms with E-state index in [1.165, 1.54) is 9.80 Å². The van der Waals surface area contributed by atoms with Gasteiger partial charge in [-0.2, -0.15) is 0 Å². The molecule has 7 nitrogen and oxygen atoms in total. The first-order valence-corrected chi connectivity index (χ1v) is 7.94. The Labute approximate surface area is 146 Å². The number of hydrogen-bond acceptors (Lipinski definition) is 5. The van der Waals surface area contributed by atoms with Gasteiger partial charge in [-0.25, -0.2) is 9.59 Å². The average Bonchev–Trinajstić information content (AvgIpc) is 3.03. The minimum Gasteiger partial charge on any atom is -0.457 e. The summed E-state index contributed by atoms with van der Waals surface area (Å²) in [5, 5.41) is 0. The largest absolute Gasteiger partial charge is 0.457 e. The summed E-state index contributed by atoms with van der Waals surface area (Å²) in [5.41, 5.74) is 0.847. The summed E-state index contributed by atoms with van der Waals surface area (Å²) in [4.78, 5) is 38.9. The molecule has 1 aliphatic rings. The van der Waals surface area contributed by atoms with E-state index in [4.69, 9.17) is 9.47 Å². The van der Waals surface area contributed by atoms with Gasteiger partial charge in [0.15, 0.2) is 0 Å². The number of carbonyl (C=O) groups excluding carboxylic acids is 3. The van der Waals surface area contributed by atoms with Gasteiger partial charge in [0.25, 0.3) is 0 Å². The lowest BCUT2D eigenvalue weighted by molar-refractivity contribution is -0.142.